The van der Waals surface area contributed by atoms with Crippen LogP contribution in [-0.2, 0) is 19.5 Å². The van der Waals surface area contributed by atoms with Gasteiger partial charge in [-0.2, -0.15) is 0 Å². The number of sulfonamides is 1. The largest absolute Gasteiger partial charge is 0.460 e. The number of amides is 1. The highest BCUT2D eigenvalue weighted by atomic mass is 32.2. The van der Waals surface area contributed by atoms with Gasteiger partial charge in [0, 0.05) is 19.9 Å². The summed E-state index contributed by atoms with van der Waals surface area (Å²) in [7, 11) is -0.748. The first kappa shape index (κ1) is 23.6. The molecular formula is C20H27N3O6S. The summed E-state index contributed by atoms with van der Waals surface area (Å²) < 4.78 is 33.3. The van der Waals surface area contributed by atoms with E-state index in [4.69, 9.17) is 14.6 Å². The molecule has 0 bridgehead atoms. The summed E-state index contributed by atoms with van der Waals surface area (Å²) >= 11 is 0. The smallest absolute Gasteiger partial charge is 0.340 e. The number of ether oxygens (including phenoxy) is 2. The second-order valence-corrected chi connectivity index (χ2v) is 8.52. The summed E-state index contributed by atoms with van der Waals surface area (Å²) in [6.45, 7) is 5.52. The Morgan fingerprint density at radius 2 is 1.90 bits per heavy atom. The van der Waals surface area contributed by atoms with Crippen LogP contribution in [-0.4, -0.2) is 57.5 Å². The van der Waals surface area contributed by atoms with E-state index in [-0.39, 0.29) is 29.7 Å². The fourth-order valence-corrected chi connectivity index (χ4v) is 3.66. The van der Waals surface area contributed by atoms with E-state index in [0.717, 1.165) is 0 Å². The molecule has 1 aromatic heterocycles. The lowest BCUT2D eigenvalue weighted by molar-refractivity contribution is 0.0386. The third-order valence-corrected chi connectivity index (χ3v) is 5.86. The molecule has 0 aliphatic carbocycles. The number of aromatic amines is 1. The number of hydrogen-bond acceptors (Lipinski definition) is 6. The number of H-pyrrole nitrogens is 1. The maximum atomic E-state index is 13.1. The van der Waals surface area contributed by atoms with E-state index in [2.05, 4.69) is 4.98 Å². The number of aromatic nitrogens is 1. The molecule has 1 heterocycles. The molecular weight excluding hydrogens is 410 g/mol. The molecule has 0 saturated carbocycles. The maximum absolute atomic E-state index is 13.1. The quantitative estimate of drug-likeness (QED) is 0.479. The van der Waals surface area contributed by atoms with Crippen molar-refractivity contribution in [2.45, 2.75) is 31.7 Å². The van der Waals surface area contributed by atoms with Crippen molar-refractivity contribution in [3.63, 3.8) is 0 Å². The molecule has 0 radical (unpaired) electrons. The zero-order valence-corrected chi connectivity index (χ0v) is 18.5. The lowest BCUT2D eigenvalue weighted by Crippen LogP contribution is -2.30. The monoisotopic (exact) mass is 437 g/mol. The summed E-state index contributed by atoms with van der Waals surface area (Å²) in [4.78, 5) is 29.9. The van der Waals surface area contributed by atoms with Gasteiger partial charge >= 0.3 is 5.97 Å². The zero-order valence-electron chi connectivity index (χ0n) is 17.7. The predicted octanol–water partition coefficient (Wildman–Crippen LogP) is 1.92. The zero-order chi connectivity index (χ0) is 22.6. The molecule has 1 amide bonds. The number of benzene rings is 1. The van der Waals surface area contributed by atoms with E-state index in [1.54, 1.807) is 40.0 Å². The van der Waals surface area contributed by atoms with E-state index < -0.39 is 22.0 Å². The van der Waals surface area contributed by atoms with Crippen LogP contribution in [0.2, 0.25) is 0 Å². The molecule has 0 saturated heterocycles. The molecule has 1 unspecified atom stereocenters. The van der Waals surface area contributed by atoms with Crippen LogP contribution in [0.25, 0.3) is 0 Å². The molecule has 9 nitrogen and oxygen atoms in total. The van der Waals surface area contributed by atoms with E-state index in [9.17, 15) is 18.0 Å². The van der Waals surface area contributed by atoms with Crippen LogP contribution < -0.4 is 5.14 Å². The highest BCUT2D eigenvalue weighted by Crippen LogP contribution is 2.26. The van der Waals surface area contributed by atoms with Gasteiger partial charge in [0.1, 0.15) is 12.3 Å². The molecule has 0 spiro atoms. The van der Waals surface area contributed by atoms with Gasteiger partial charge in [-0.3, -0.25) is 4.79 Å². The summed E-state index contributed by atoms with van der Waals surface area (Å²) in [6.07, 6.45) is 0. The molecule has 3 N–H and O–H groups in total. The SMILES string of the molecule is COCCOC(=O)c1c(C)[nH]c(C(=O)N(C)C(C)c2cccc(S(N)(=O)=O)c2)c1C. The van der Waals surface area contributed by atoms with Crippen molar-refractivity contribution in [1.82, 2.24) is 9.88 Å². The van der Waals surface area contributed by atoms with E-state index in [0.29, 0.717) is 22.4 Å². The summed E-state index contributed by atoms with van der Waals surface area (Å²) in [5, 5.41) is 5.20. The lowest BCUT2D eigenvalue weighted by Gasteiger charge is -2.25. The first-order valence-corrected chi connectivity index (χ1v) is 10.8. The van der Waals surface area contributed by atoms with Gasteiger partial charge in [-0.15, -0.1) is 0 Å². The first-order valence-electron chi connectivity index (χ1n) is 9.24. The van der Waals surface area contributed by atoms with Gasteiger partial charge in [-0.05, 0) is 44.0 Å². The van der Waals surface area contributed by atoms with Crippen LogP contribution in [0.4, 0.5) is 0 Å². The number of methoxy groups -OCH3 is 1. The van der Waals surface area contributed by atoms with E-state index >= 15 is 0 Å². The molecule has 2 aromatic rings. The predicted molar refractivity (Wildman–Crippen MR) is 111 cm³/mol. The second-order valence-electron chi connectivity index (χ2n) is 6.96. The number of aryl methyl sites for hydroxylation is 1. The van der Waals surface area contributed by atoms with Gasteiger partial charge in [0.15, 0.2) is 0 Å². The number of rotatable bonds is 8. The van der Waals surface area contributed by atoms with Crippen molar-refractivity contribution in [2.75, 3.05) is 27.4 Å². The number of primary sulfonamides is 1. The third kappa shape index (κ3) is 5.07. The molecule has 10 heteroatoms. The Bertz CT molecular complexity index is 1040. The van der Waals surface area contributed by atoms with Crippen molar-refractivity contribution in [2.24, 2.45) is 5.14 Å². The molecule has 1 aromatic carbocycles. The van der Waals surface area contributed by atoms with Gasteiger partial charge in [0.05, 0.1) is 23.1 Å². The third-order valence-electron chi connectivity index (χ3n) is 4.95. The standard InChI is InChI=1S/C20H27N3O6S/c1-12-17(20(25)29-10-9-28-5)13(2)22-18(12)19(24)23(4)14(3)15-7-6-8-16(11-15)30(21,26)27/h6-8,11,14,22H,9-10H2,1-5H3,(H2,21,26,27). The Kier molecular flexibility index (Phi) is 7.40. The van der Waals surface area contributed by atoms with Crippen LogP contribution in [0.1, 0.15) is 50.6 Å². The number of nitrogens with two attached hydrogens (primary N) is 1. The van der Waals surface area contributed by atoms with Gasteiger partial charge in [0.25, 0.3) is 5.91 Å². The summed E-state index contributed by atoms with van der Waals surface area (Å²) in [5.41, 5.74) is 2.19. The average Bonchev–Trinajstić information content (AvgIpc) is 2.99. The number of nitrogens with zero attached hydrogens (tertiary/aromatic N) is 1. The molecule has 2 rings (SSSR count). The van der Waals surface area contributed by atoms with Crippen molar-refractivity contribution in [1.29, 1.82) is 0 Å². The van der Waals surface area contributed by atoms with Crippen molar-refractivity contribution in [3.8, 4) is 0 Å². The van der Waals surface area contributed by atoms with Crippen LogP contribution in [0, 0.1) is 13.8 Å². The normalized spacial score (nSPS) is 12.5. The number of esters is 1. The van der Waals surface area contributed by atoms with Gasteiger partial charge < -0.3 is 19.4 Å². The lowest BCUT2D eigenvalue weighted by atomic mass is 10.1. The van der Waals surface area contributed by atoms with Crippen LogP contribution in [0.5, 0.6) is 0 Å². The Morgan fingerprint density at radius 3 is 2.50 bits per heavy atom. The van der Waals surface area contributed by atoms with Crippen molar-refractivity contribution >= 4 is 21.9 Å². The van der Waals surface area contributed by atoms with Crippen LogP contribution in [0.15, 0.2) is 29.2 Å². The molecule has 164 valence electrons. The van der Waals surface area contributed by atoms with E-state index in [1.807, 2.05) is 0 Å². The topological polar surface area (TPSA) is 132 Å². The Balaban J connectivity index is 2.28. The number of nitrogens with one attached hydrogen (secondary N) is 1. The van der Waals surface area contributed by atoms with Crippen LogP contribution in [0.3, 0.4) is 0 Å². The average molecular weight is 438 g/mol. The molecule has 30 heavy (non-hydrogen) atoms. The Labute approximate surface area is 176 Å². The number of carbonyl (C=O) groups is 2. The van der Waals surface area contributed by atoms with Gasteiger partial charge in [-0.1, -0.05) is 12.1 Å². The number of hydrogen-bond donors (Lipinski definition) is 2. The molecule has 0 fully saturated rings. The minimum absolute atomic E-state index is 0.0271. The fourth-order valence-electron chi connectivity index (χ4n) is 3.09. The van der Waals surface area contributed by atoms with Gasteiger partial charge in [0.2, 0.25) is 10.0 Å². The molecule has 0 aliphatic rings. The van der Waals surface area contributed by atoms with Crippen molar-refractivity contribution < 1.29 is 27.5 Å². The first-order chi connectivity index (χ1) is 14.0. The summed E-state index contributed by atoms with van der Waals surface area (Å²) in [6, 6.07) is 5.68. The second kappa shape index (κ2) is 9.41. The number of carbonyl (C=O) groups excluding carboxylic acids is 2. The van der Waals surface area contributed by atoms with Crippen LogP contribution >= 0.6 is 0 Å². The molecule has 1 atom stereocenters. The highest BCUT2D eigenvalue weighted by Gasteiger charge is 2.27. The Morgan fingerprint density at radius 1 is 1.23 bits per heavy atom. The minimum Gasteiger partial charge on any atom is -0.460 e. The minimum atomic E-state index is -3.86. The maximum Gasteiger partial charge on any atom is 0.340 e. The fraction of sp³-hybridized carbons (Fsp3) is 0.400. The van der Waals surface area contributed by atoms with E-state index in [1.165, 1.54) is 24.1 Å². The van der Waals surface area contributed by atoms with Crippen molar-refractivity contribution in [3.05, 3.63) is 52.3 Å². The Hall–Kier alpha value is -2.69. The summed E-state index contributed by atoms with van der Waals surface area (Å²) in [5.74, 6) is -0.881. The molecule has 0 aliphatic heterocycles. The highest BCUT2D eigenvalue weighted by molar-refractivity contribution is 7.89. The van der Waals surface area contributed by atoms with Gasteiger partial charge in [-0.25, -0.2) is 18.4 Å².